The van der Waals surface area contributed by atoms with Crippen molar-refractivity contribution in [1.29, 1.82) is 0 Å². The first kappa shape index (κ1) is 18.2. The maximum absolute atomic E-state index is 9.60. The summed E-state index contributed by atoms with van der Waals surface area (Å²) >= 11 is 0. The maximum Gasteiger partial charge on any atom is 0.191 e. The molecule has 3 rings (SSSR count). The second-order valence-corrected chi connectivity index (χ2v) is 7.48. The molecule has 1 saturated carbocycles. The molecule has 5 heteroatoms. The molecule has 1 aromatic rings. The van der Waals surface area contributed by atoms with E-state index in [1.165, 1.54) is 17.5 Å². The number of piperidine rings is 1. The predicted octanol–water partition coefficient (Wildman–Crippen LogP) is 2.11. The quantitative estimate of drug-likeness (QED) is 0.546. The highest BCUT2D eigenvalue weighted by Gasteiger charge is 2.33. The van der Waals surface area contributed by atoms with Crippen LogP contribution in [0.2, 0.25) is 0 Å². The maximum atomic E-state index is 9.60. The van der Waals surface area contributed by atoms with Crippen LogP contribution in [0, 0.1) is 5.92 Å². The van der Waals surface area contributed by atoms with Gasteiger partial charge in [0.1, 0.15) is 0 Å². The first-order valence-corrected chi connectivity index (χ1v) is 9.67. The van der Waals surface area contributed by atoms with Gasteiger partial charge in [0, 0.05) is 32.2 Å². The monoisotopic (exact) mass is 344 g/mol. The van der Waals surface area contributed by atoms with Gasteiger partial charge < -0.3 is 15.7 Å². The molecular formula is C20H32N4O. The fraction of sp³-hybridized carbons (Fsp3) is 0.650. The van der Waals surface area contributed by atoms with Crippen LogP contribution in [0.5, 0.6) is 0 Å². The zero-order valence-corrected chi connectivity index (χ0v) is 15.5. The van der Waals surface area contributed by atoms with Gasteiger partial charge in [0.25, 0.3) is 0 Å². The van der Waals surface area contributed by atoms with Crippen LogP contribution in [0.4, 0.5) is 0 Å². The second-order valence-electron chi connectivity index (χ2n) is 7.48. The molecule has 138 valence electrons. The van der Waals surface area contributed by atoms with Gasteiger partial charge in [-0.05, 0) is 43.2 Å². The molecule has 0 bridgehead atoms. The minimum atomic E-state index is -0.102. The van der Waals surface area contributed by atoms with Gasteiger partial charge in [-0.15, -0.1) is 0 Å². The number of rotatable bonds is 6. The number of nitrogens with one attached hydrogen (secondary N) is 2. The smallest absolute Gasteiger partial charge is 0.191 e. The molecule has 2 atom stereocenters. The largest absolute Gasteiger partial charge is 0.393 e. The average Bonchev–Trinajstić information content (AvgIpc) is 3.31. The van der Waals surface area contributed by atoms with Gasteiger partial charge in [-0.25, -0.2) is 4.99 Å². The van der Waals surface area contributed by atoms with Crippen molar-refractivity contribution in [1.82, 2.24) is 15.5 Å². The summed E-state index contributed by atoms with van der Waals surface area (Å²) in [6, 6.07) is 9.36. The van der Waals surface area contributed by atoms with Gasteiger partial charge in [-0.3, -0.25) is 4.90 Å². The van der Waals surface area contributed by atoms with Crippen LogP contribution in [0.15, 0.2) is 29.3 Å². The molecule has 1 heterocycles. The van der Waals surface area contributed by atoms with Gasteiger partial charge in [-0.1, -0.05) is 31.2 Å². The van der Waals surface area contributed by atoms with Crippen molar-refractivity contribution in [3.05, 3.63) is 35.4 Å². The van der Waals surface area contributed by atoms with Crippen LogP contribution >= 0.6 is 0 Å². The third-order valence-electron chi connectivity index (χ3n) is 5.18. The first-order chi connectivity index (χ1) is 12.1. The predicted molar refractivity (Wildman–Crippen MR) is 102 cm³/mol. The number of hydrogen-bond acceptors (Lipinski definition) is 3. The van der Waals surface area contributed by atoms with E-state index in [0.29, 0.717) is 12.6 Å². The van der Waals surface area contributed by atoms with Crippen molar-refractivity contribution < 1.29 is 5.11 Å². The minimum absolute atomic E-state index is 0.102. The van der Waals surface area contributed by atoms with E-state index in [9.17, 15) is 5.11 Å². The lowest BCUT2D eigenvalue weighted by Crippen LogP contribution is -2.39. The Morgan fingerprint density at radius 3 is 2.44 bits per heavy atom. The minimum Gasteiger partial charge on any atom is -0.393 e. The Labute approximate surface area is 151 Å². The standard InChI is InChI=1S/C20H32N4O/c1-3-21-20(23-19-12-15(19)2)22-13-16-4-6-17(7-5-16)14-24-10-8-18(25)9-11-24/h4-7,15,18-19,25H,3,8-14H2,1-2H3,(H2,21,22,23). The highest BCUT2D eigenvalue weighted by Crippen LogP contribution is 2.28. The number of likely N-dealkylation sites (tertiary alicyclic amines) is 1. The molecule has 2 fully saturated rings. The van der Waals surface area contributed by atoms with E-state index in [-0.39, 0.29) is 6.10 Å². The lowest BCUT2D eigenvalue weighted by atomic mass is 10.1. The third-order valence-corrected chi connectivity index (χ3v) is 5.18. The highest BCUT2D eigenvalue weighted by atomic mass is 16.3. The van der Waals surface area contributed by atoms with Crippen LogP contribution in [0.3, 0.4) is 0 Å². The Balaban J connectivity index is 1.50. The normalized spacial score (nSPS) is 25.0. The van der Waals surface area contributed by atoms with E-state index in [0.717, 1.165) is 50.9 Å². The SMILES string of the molecule is CCNC(=NCc1ccc(CN2CCC(O)CC2)cc1)NC1CC1C. The Morgan fingerprint density at radius 2 is 1.84 bits per heavy atom. The fourth-order valence-corrected chi connectivity index (χ4v) is 3.27. The number of benzene rings is 1. The molecule has 5 nitrogen and oxygen atoms in total. The Bertz CT molecular complexity index is 564. The lowest BCUT2D eigenvalue weighted by molar-refractivity contribution is 0.0792. The number of aliphatic hydroxyl groups is 1. The zero-order valence-electron chi connectivity index (χ0n) is 15.5. The van der Waals surface area contributed by atoms with E-state index in [4.69, 9.17) is 4.99 Å². The molecule has 0 radical (unpaired) electrons. The van der Waals surface area contributed by atoms with Crippen LogP contribution in [-0.2, 0) is 13.1 Å². The van der Waals surface area contributed by atoms with E-state index in [1.807, 2.05) is 0 Å². The molecule has 1 saturated heterocycles. The molecule has 25 heavy (non-hydrogen) atoms. The second kappa shape index (κ2) is 8.68. The van der Waals surface area contributed by atoms with Crippen LogP contribution in [-0.4, -0.2) is 47.7 Å². The van der Waals surface area contributed by atoms with Crippen molar-refractivity contribution in [2.75, 3.05) is 19.6 Å². The van der Waals surface area contributed by atoms with Gasteiger partial charge >= 0.3 is 0 Å². The molecule has 0 amide bonds. The molecular weight excluding hydrogens is 312 g/mol. The van der Waals surface area contributed by atoms with Crippen LogP contribution in [0.1, 0.15) is 44.2 Å². The average molecular weight is 345 g/mol. The van der Waals surface area contributed by atoms with Gasteiger partial charge in [0.2, 0.25) is 0 Å². The number of aliphatic imine (C=N–C) groups is 1. The van der Waals surface area contributed by atoms with E-state index in [1.54, 1.807) is 0 Å². The van der Waals surface area contributed by atoms with E-state index >= 15 is 0 Å². The Morgan fingerprint density at radius 1 is 1.20 bits per heavy atom. The van der Waals surface area contributed by atoms with E-state index in [2.05, 4.69) is 53.6 Å². The van der Waals surface area contributed by atoms with Crippen molar-refractivity contribution in [2.45, 2.75) is 58.3 Å². The molecule has 0 spiro atoms. The topological polar surface area (TPSA) is 59.9 Å². The first-order valence-electron chi connectivity index (χ1n) is 9.67. The van der Waals surface area contributed by atoms with Gasteiger partial charge in [0.15, 0.2) is 5.96 Å². The summed E-state index contributed by atoms with van der Waals surface area (Å²) in [6.45, 7) is 8.91. The summed E-state index contributed by atoms with van der Waals surface area (Å²) in [4.78, 5) is 7.13. The molecule has 2 aliphatic rings. The van der Waals surface area contributed by atoms with Crippen LogP contribution in [0.25, 0.3) is 0 Å². The van der Waals surface area contributed by atoms with Gasteiger partial charge in [-0.2, -0.15) is 0 Å². The number of hydrogen-bond donors (Lipinski definition) is 3. The molecule has 0 aromatic heterocycles. The lowest BCUT2D eigenvalue weighted by Gasteiger charge is -2.29. The van der Waals surface area contributed by atoms with Crippen molar-refractivity contribution in [3.63, 3.8) is 0 Å². The summed E-state index contributed by atoms with van der Waals surface area (Å²) < 4.78 is 0. The molecule has 1 aliphatic heterocycles. The highest BCUT2D eigenvalue weighted by molar-refractivity contribution is 5.80. The summed E-state index contributed by atoms with van der Waals surface area (Å²) in [5, 5.41) is 16.4. The van der Waals surface area contributed by atoms with Gasteiger partial charge in [0.05, 0.1) is 12.6 Å². The molecule has 1 aliphatic carbocycles. The van der Waals surface area contributed by atoms with Crippen molar-refractivity contribution in [2.24, 2.45) is 10.9 Å². The fourth-order valence-electron chi connectivity index (χ4n) is 3.27. The molecule has 1 aromatic carbocycles. The molecule has 3 N–H and O–H groups in total. The molecule has 2 unspecified atom stereocenters. The zero-order chi connectivity index (χ0) is 17.6. The number of aliphatic hydroxyl groups excluding tert-OH is 1. The summed E-state index contributed by atoms with van der Waals surface area (Å²) in [5.41, 5.74) is 2.57. The van der Waals surface area contributed by atoms with Crippen molar-refractivity contribution >= 4 is 5.96 Å². The summed E-state index contributed by atoms with van der Waals surface area (Å²) in [5.74, 6) is 1.69. The van der Waals surface area contributed by atoms with Crippen molar-refractivity contribution in [3.8, 4) is 0 Å². The third kappa shape index (κ3) is 5.72. The van der Waals surface area contributed by atoms with E-state index < -0.39 is 0 Å². The Hall–Kier alpha value is -1.59. The Kier molecular flexibility index (Phi) is 6.32. The summed E-state index contributed by atoms with van der Waals surface area (Å²) in [6.07, 6.45) is 2.93. The van der Waals surface area contributed by atoms with Crippen LogP contribution < -0.4 is 10.6 Å². The number of nitrogens with zero attached hydrogens (tertiary/aromatic N) is 2. The summed E-state index contributed by atoms with van der Waals surface area (Å²) in [7, 11) is 0. The number of guanidine groups is 1.